The Hall–Kier alpha value is -2.10. The number of hydrogen-bond donors (Lipinski definition) is 2. The predicted octanol–water partition coefficient (Wildman–Crippen LogP) is 4.16. The number of nitrogens with zero attached hydrogens (tertiary/aromatic N) is 2. The van der Waals surface area contributed by atoms with Gasteiger partial charge in [-0.15, -0.1) is 11.3 Å². The molecule has 1 aromatic heterocycles. The van der Waals surface area contributed by atoms with Crippen LogP contribution in [0.3, 0.4) is 0 Å². The highest BCUT2D eigenvalue weighted by Crippen LogP contribution is 2.36. The molecule has 38 heavy (non-hydrogen) atoms. The van der Waals surface area contributed by atoms with E-state index < -0.39 is 28.0 Å². The van der Waals surface area contributed by atoms with Crippen LogP contribution in [-0.2, 0) is 25.1 Å². The first-order valence-electron chi connectivity index (χ1n) is 11.0. The second-order valence-corrected chi connectivity index (χ2v) is 12.5. The molecule has 9 nitrogen and oxygen atoms in total. The minimum atomic E-state index is -5.08. The Labute approximate surface area is 231 Å². The fourth-order valence-electron chi connectivity index (χ4n) is 3.21. The van der Waals surface area contributed by atoms with Crippen LogP contribution in [0, 0.1) is 0 Å². The number of carboxylic acids is 1. The van der Waals surface area contributed by atoms with Crippen molar-refractivity contribution in [1.82, 2.24) is 9.80 Å². The lowest BCUT2D eigenvalue weighted by Crippen LogP contribution is -2.44. The van der Waals surface area contributed by atoms with Gasteiger partial charge in [0.1, 0.15) is 19.9 Å². The van der Waals surface area contributed by atoms with Crippen molar-refractivity contribution in [3.63, 3.8) is 0 Å². The summed E-state index contributed by atoms with van der Waals surface area (Å²) in [6.45, 7) is 5.16. The average Bonchev–Trinajstić information content (AvgIpc) is 3.16. The number of aromatic hydroxyl groups is 1. The predicted molar refractivity (Wildman–Crippen MR) is 136 cm³/mol. The van der Waals surface area contributed by atoms with Gasteiger partial charge in [-0.05, 0) is 37.2 Å². The number of halogens is 5. The first-order chi connectivity index (χ1) is 17.6. The fourth-order valence-corrected chi connectivity index (χ4v) is 6.51. The van der Waals surface area contributed by atoms with Crippen LogP contribution in [0.1, 0.15) is 22.3 Å². The number of alkyl halides is 3. The van der Waals surface area contributed by atoms with Crippen LogP contribution in [0.25, 0.3) is 0 Å². The van der Waals surface area contributed by atoms with Crippen LogP contribution in [0.5, 0.6) is 5.75 Å². The van der Waals surface area contributed by atoms with E-state index in [1.807, 2.05) is 0 Å². The van der Waals surface area contributed by atoms with E-state index in [0.717, 1.165) is 44.1 Å². The van der Waals surface area contributed by atoms with Gasteiger partial charge in [-0.25, -0.2) is 18.0 Å². The third-order valence-electron chi connectivity index (χ3n) is 5.26. The van der Waals surface area contributed by atoms with Gasteiger partial charge in [-0.1, -0.05) is 29.3 Å². The Bertz CT molecular complexity index is 1210. The van der Waals surface area contributed by atoms with Crippen molar-refractivity contribution < 1.29 is 46.1 Å². The van der Waals surface area contributed by atoms with Crippen molar-refractivity contribution in [3.05, 3.63) is 44.8 Å². The maximum atomic E-state index is 12.5. The monoisotopic (exact) mass is 620 g/mol. The van der Waals surface area contributed by atoms with Gasteiger partial charge in [0.05, 0.1) is 17.4 Å². The summed E-state index contributed by atoms with van der Waals surface area (Å²) in [6.07, 6.45) is -4.38. The van der Waals surface area contributed by atoms with Crippen LogP contribution < -0.4 is 0 Å². The van der Waals surface area contributed by atoms with E-state index in [9.17, 15) is 31.5 Å². The molecule has 1 aliphatic rings. The molecule has 0 unspecified atom stereocenters. The molecule has 2 heterocycles. The lowest BCUT2D eigenvalue weighted by atomic mass is 10.1. The molecular formula is C22H25Cl2F3N2O7S2. The van der Waals surface area contributed by atoms with Crippen molar-refractivity contribution in [2.75, 3.05) is 46.4 Å². The molecule has 0 aliphatic carbocycles. The number of benzene rings is 1. The molecule has 0 spiro atoms. The number of rotatable bonds is 8. The first kappa shape index (κ1) is 32.1. The van der Waals surface area contributed by atoms with E-state index in [1.165, 1.54) is 24.3 Å². The van der Waals surface area contributed by atoms with Crippen LogP contribution in [0.4, 0.5) is 13.2 Å². The number of carboxylic acid groups (broad SMARTS) is 1. The Morgan fingerprint density at radius 2 is 1.74 bits per heavy atom. The number of phenolic OH excluding ortho intramolecular Hbond substituents is 1. The molecule has 1 aromatic carbocycles. The van der Waals surface area contributed by atoms with Crippen LogP contribution in [-0.4, -0.2) is 92.9 Å². The zero-order valence-corrected chi connectivity index (χ0v) is 23.1. The number of hydrogen-bond acceptors (Lipinski definition) is 9. The summed E-state index contributed by atoms with van der Waals surface area (Å²) in [5.74, 6) is -4.07. The Morgan fingerprint density at radius 3 is 2.24 bits per heavy atom. The van der Waals surface area contributed by atoms with Gasteiger partial charge in [-0.2, -0.15) is 13.2 Å². The highest BCUT2D eigenvalue weighted by Gasteiger charge is 2.38. The van der Waals surface area contributed by atoms with E-state index in [4.69, 9.17) is 37.8 Å². The largest absolute Gasteiger partial charge is 0.507 e. The number of thiophene rings is 1. The number of piperazine rings is 1. The number of sulfone groups is 1. The van der Waals surface area contributed by atoms with Crippen molar-refractivity contribution in [1.29, 1.82) is 0 Å². The normalized spacial score (nSPS) is 15.0. The van der Waals surface area contributed by atoms with E-state index in [1.54, 1.807) is 0 Å². The van der Waals surface area contributed by atoms with Gasteiger partial charge in [0.15, 0.2) is 9.84 Å². The van der Waals surface area contributed by atoms with Crippen molar-refractivity contribution >= 4 is 56.3 Å². The molecular weight excluding hydrogens is 596 g/mol. The fraction of sp³-hybridized carbons (Fsp3) is 0.455. The number of ether oxygens (including phenoxy) is 1. The van der Waals surface area contributed by atoms with E-state index in [0.29, 0.717) is 12.0 Å². The van der Waals surface area contributed by atoms with Gasteiger partial charge in [0.25, 0.3) is 0 Å². The lowest BCUT2D eigenvalue weighted by Gasteiger charge is -2.32. The number of aliphatic carboxylic acids is 1. The topological polar surface area (TPSA) is 124 Å². The molecule has 1 saturated heterocycles. The maximum absolute atomic E-state index is 12.5. The molecule has 0 atom stereocenters. The minimum absolute atomic E-state index is 0.00274. The summed E-state index contributed by atoms with van der Waals surface area (Å²) in [5.41, 5.74) is 0.340. The summed E-state index contributed by atoms with van der Waals surface area (Å²) in [4.78, 5) is 25.8. The quantitative estimate of drug-likeness (QED) is 0.330. The molecule has 3 rings (SSSR count). The second kappa shape index (κ2) is 13.8. The summed E-state index contributed by atoms with van der Waals surface area (Å²) < 4.78 is 62.3. The molecule has 2 aromatic rings. The van der Waals surface area contributed by atoms with E-state index in [2.05, 4.69) is 16.8 Å². The SMILES string of the molecule is CN1CCN(CCCOC(=O)c2ccc(CS(=O)(=O)c3cc(Cl)c(Cl)s3)cc2O)CC1.O=C(O)C(F)(F)F. The number of likely N-dealkylation sites (N-methyl/N-ethyl adjacent to an activating group) is 1. The zero-order chi connectivity index (χ0) is 28.7. The standard InChI is InChI=1S/C20H24Cl2N2O5S2.C2HF3O2/c1-23-6-8-24(9-7-23)5-2-10-29-20(26)15-4-3-14(11-17(15)25)13-31(27,28)18-12-16(21)19(22)30-18;3-2(4,5)1(6)7/h3-4,11-12,25H,2,5-10,13H2,1H3;(H,6,7). The van der Waals surface area contributed by atoms with Gasteiger partial charge < -0.3 is 24.7 Å². The summed E-state index contributed by atoms with van der Waals surface area (Å²) in [6, 6.07) is 5.42. The van der Waals surface area contributed by atoms with Crippen LogP contribution >= 0.6 is 34.5 Å². The first-order valence-corrected chi connectivity index (χ1v) is 14.2. The van der Waals surface area contributed by atoms with Crippen molar-refractivity contribution in [3.8, 4) is 5.75 Å². The number of phenols is 1. The Balaban J connectivity index is 0.000000638. The summed E-state index contributed by atoms with van der Waals surface area (Å²) in [7, 11) is -1.59. The van der Waals surface area contributed by atoms with Gasteiger partial charge >= 0.3 is 18.1 Å². The van der Waals surface area contributed by atoms with Crippen LogP contribution in [0.15, 0.2) is 28.5 Å². The number of esters is 1. The van der Waals surface area contributed by atoms with Gasteiger partial charge in [-0.3, -0.25) is 0 Å². The zero-order valence-electron chi connectivity index (χ0n) is 20.0. The molecule has 212 valence electrons. The Morgan fingerprint density at radius 1 is 1.13 bits per heavy atom. The van der Waals surface area contributed by atoms with Crippen molar-refractivity contribution in [2.24, 2.45) is 0 Å². The maximum Gasteiger partial charge on any atom is 0.490 e. The molecule has 1 aliphatic heterocycles. The van der Waals surface area contributed by atoms with Crippen molar-refractivity contribution in [2.45, 2.75) is 22.6 Å². The molecule has 0 amide bonds. The average molecular weight is 621 g/mol. The molecule has 16 heteroatoms. The van der Waals surface area contributed by atoms with Gasteiger partial charge in [0, 0.05) is 32.7 Å². The van der Waals surface area contributed by atoms with E-state index >= 15 is 0 Å². The summed E-state index contributed by atoms with van der Waals surface area (Å²) >= 11 is 12.6. The molecule has 1 fully saturated rings. The molecule has 2 N–H and O–H groups in total. The molecule has 0 saturated carbocycles. The number of carbonyl (C=O) groups is 2. The number of carbonyl (C=O) groups excluding carboxylic acids is 1. The third kappa shape index (κ3) is 9.89. The highest BCUT2D eigenvalue weighted by molar-refractivity contribution is 7.92. The summed E-state index contributed by atoms with van der Waals surface area (Å²) in [5, 5.41) is 17.5. The second-order valence-electron chi connectivity index (χ2n) is 8.23. The lowest BCUT2D eigenvalue weighted by molar-refractivity contribution is -0.192. The minimum Gasteiger partial charge on any atom is -0.507 e. The van der Waals surface area contributed by atoms with Crippen LogP contribution in [0.2, 0.25) is 9.36 Å². The smallest absolute Gasteiger partial charge is 0.490 e. The van der Waals surface area contributed by atoms with Gasteiger partial charge in [0.2, 0.25) is 0 Å². The molecule has 0 radical (unpaired) electrons. The molecule has 0 bridgehead atoms. The van der Waals surface area contributed by atoms with E-state index in [-0.39, 0.29) is 37.2 Å². The highest BCUT2D eigenvalue weighted by atomic mass is 35.5. The third-order valence-corrected chi connectivity index (χ3v) is 9.37. The Kier molecular flexibility index (Phi) is 11.7.